The molecule has 4 N–H and O–H groups in total. The Balaban J connectivity index is 1.02. The van der Waals surface area contributed by atoms with Crippen molar-refractivity contribution < 1.29 is 38.4 Å². The Morgan fingerprint density at radius 2 is 0.580 bits per heavy atom. The molecule has 16 amide bonds. The first-order valence-corrected chi connectivity index (χ1v) is 16.2. The topological polar surface area (TPSA) is 224 Å². The first-order valence-electron chi connectivity index (χ1n) is 16.2. The minimum absolute atomic E-state index is 0.278. The van der Waals surface area contributed by atoms with Gasteiger partial charge in [-0.3, -0.25) is 58.8 Å². The van der Waals surface area contributed by atoms with Gasteiger partial charge in [-0.15, -0.1) is 0 Å². The summed E-state index contributed by atoms with van der Waals surface area (Å²) in [7, 11) is 0. The van der Waals surface area contributed by atoms with E-state index < -0.39 is 95.6 Å². The van der Waals surface area contributed by atoms with Crippen molar-refractivity contribution in [3.8, 4) is 0 Å². The average molecular weight is 697 g/mol. The van der Waals surface area contributed by atoms with Crippen LogP contribution in [0.4, 0.5) is 38.4 Å². The summed E-state index contributed by atoms with van der Waals surface area (Å²) in [5.41, 5.74) is -5.09. The minimum atomic E-state index is -1.31. The normalized spacial score (nSPS) is 43.1. The van der Waals surface area contributed by atoms with Crippen LogP contribution in [0.3, 0.4) is 0 Å². The molecular formula is C26H32N16O8. The molecule has 24 nitrogen and oxygen atoms in total. The number of hydrogen-bond acceptors (Lipinski definition) is 8. The zero-order valence-corrected chi connectivity index (χ0v) is 27.2. The van der Waals surface area contributed by atoms with Crippen molar-refractivity contribution in [1.82, 2.24) is 80.1 Å². The molecule has 0 spiro atoms. The Labute approximate surface area is 281 Å². The predicted octanol–water partition coefficient (Wildman–Crippen LogP) is -3.01. The highest BCUT2D eigenvalue weighted by atomic mass is 16.2. The van der Waals surface area contributed by atoms with Crippen LogP contribution in [-0.4, -0.2) is 194 Å². The van der Waals surface area contributed by atoms with E-state index in [-0.39, 0.29) is 40.0 Å². The van der Waals surface area contributed by atoms with Gasteiger partial charge in [-0.25, -0.2) is 38.4 Å². The molecule has 0 radical (unpaired) electrons. The lowest BCUT2D eigenvalue weighted by Gasteiger charge is -2.48. The smallest absolute Gasteiger partial charge is 0.311 e. The van der Waals surface area contributed by atoms with Crippen LogP contribution in [0.15, 0.2) is 0 Å². The summed E-state index contributed by atoms with van der Waals surface area (Å²) in [6, 6.07) is -4.29. The van der Waals surface area contributed by atoms with Crippen molar-refractivity contribution in [2.24, 2.45) is 0 Å². The van der Waals surface area contributed by atoms with Gasteiger partial charge >= 0.3 is 48.2 Å². The van der Waals surface area contributed by atoms with Gasteiger partial charge in [-0.05, 0) is 27.7 Å². The van der Waals surface area contributed by atoms with Crippen LogP contribution >= 0.6 is 0 Å². The lowest BCUT2D eigenvalue weighted by Crippen LogP contribution is -2.69. The van der Waals surface area contributed by atoms with Gasteiger partial charge in [0.2, 0.25) is 0 Å². The van der Waals surface area contributed by atoms with Gasteiger partial charge in [-0.2, -0.15) is 0 Å². The van der Waals surface area contributed by atoms with Gasteiger partial charge in [0.15, 0.2) is 47.3 Å². The molecule has 11 aliphatic rings. The monoisotopic (exact) mass is 696 g/mol. The van der Waals surface area contributed by atoms with Gasteiger partial charge in [0.25, 0.3) is 0 Å². The largest absolute Gasteiger partial charge is 0.326 e. The molecular weight excluding hydrogens is 664 g/mol. The molecule has 0 atom stereocenters. The molecule has 11 fully saturated rings. The fourth-order valence-corrected chi connectivity index (χ4v) is 10.2. The Bertz CT molecular complexity index is 1620. The molecule has 11 saturated heterocycles. The standard InChI is InChI=1S/C26H32N16O8/c1-23-25(3)39(15(43)27-23)7-35-13-11-31(19(35)47)5-33-12-14-37(21(33)49)9-41-17(45)29-24(2)26(41,4)42(18(46)30-24)10-38(14)22(50)34(12)6-32(11)20(48)36(13)8-40(25)16(44)28-23/h11-14H,5-10H2,1-4H3,(H,27,43)(H,28,44)(H,29,45)(H,30,46). The number of carbonyl (C=O) groups is 8. The maximum atomic E-state index is 14.4. The Hall–Kier alpha value is -5.84. The lowest BCUT2D eigenvalue weighted by molar-refractivity contribution is -0.0652. The molecule has 50 heavy (non-hydrogen) atoms. The van der Waals surface area contributed by atoms with E-state index in [9.17, 15) is 38.4 Å². The molecule has 11 heterocycles. The molecule has 0 aliphatic carbocycles. The van der Waals surface area contributed by atoms with E-state index in [0.717, 1.165) is 0 Å². The van der Waals surface area contributed by atoms with Gasteiger partial charge in [0, 0.05) is 0 Å². The van der Waals surface area contributed by atoms with E-state index in [1.54, 1.807) is 27.7 Å². The molecule has 264 valence electrons. The summed E-state index contributed by atoms with van der Waals surface area (Å²) >= 11 is 0. The Kier molecular flexibility index (Phi) is 4.29. The quantitative estimate of drug-likeness (QED) is 0.204. The molecule has 0 bridgehead atoms. The zero-order chi connectivity index (χ0) is 34.9. The summed E-state index contributed by atoms with van der Waals surface area (Å²) < 4.78 is 0. The number of nitrogens with zero attached hydrogens (tertiary/aromatic N) is 12. The average Bonchev–Trinajstić information content (AvgIpc) is 3.77. The van der Waals surface area contributed by atoms with Crippen LogP contribution in [0.2, 0.25) is 0 Å². The van der Waals surface area contributed by atoms with Gasteiger partial charge in [0.05, 0.1) is 0 Å². The summed E-state index contributed by atoms with van der Waals surface area (Å²) in [5, 5.41) is 11.3. The maximum Gasteiger partial charge on any atom is 0.326 e. The first kappa shape index (κ1) is 28.0. The number of urea groups is 8. The van der Waals surface area contributed by atoms with E-state index in [0.29, 0.717) is 0 Å². The fourth-order valence-electron chi connectivity index (χ4n) is 10.2. The second-order valence-electron chi connectivity index (χ2n) is 15.1. The van der Waals surface area contributed by atoms with E-state index in [4.69, 9.17) is 0 Å². The summed E-state index contributed by atoms with van der Waals surface area (Å²) in [6.45, 7) is 4.88. The van der Waals surface area contributed by atoms with Crippen LogP contribution in [0, 0.1) is 0 Å². The van der Waals surface area contributed by atoms with Gasteiger partial charge in [-0.1, -0.05) is 0 Å². The Morgan fingerprint density at radius 1 is 0.380 bits per heavy atom. The van der Waals surface area contributed by atoms with Crippen molar-refractivity contribution in [3.05, 3.63) is 0 Å². The molecule has 11 rings (SSSR count). The van der Waals surface area contributed by atoms with Crippen molar-refractivity contribution >= 4 is 48.2 Å². The van der Waals surface area contributed by atoms with E-state index in [1.807, 2.05) is 0 Å². The molecule has 0 aromatic rings. The van der Waals surface area contributed by atoms with Gasteiger partial charge in [0.1, 0.15) is 40.0 Å². The van der Waals surface area contributed by atoms with Crippen LogP contribution < -0.4 is 21.3 Å². The number of nitrogens with one attached hydrogen (secondary N) is 4. The van der Waals surface area contributed by atoms with Crippen LogP contribution in [-0.2, 0) is 0 Å². The highest BCUT2D eigenvalue weighted by Crippen LogP contribution is 2.49. The summed E-state index contributed by atoms with van der Waals surface area (Å²) in [5.74, 6) is 0. The van der Waals surface area contributed by atoms with Gasteiger partial charge < -0.3 is 21.3 Å². The molecule has 0 aromatic carbocycles. The second kappa shape index (κ2) is 7.65. The molecule has 0 aromatic heterocycles. The van der Waals surface area contributed by atoms with Crippen molar-refractivity contribution in [2.45, 2.75) is 75.0 Å². The van der Waals surface area contributed by atoms with Crippen molar-refractivity contribution in [1.29, 1.82) is 0 Å². The highest BCUT2D eigenvalue weighted by Gasteiger charge is 2.75. The van der Waals surface area contributed by atoms with Crippen LogP contribution in [0.1, 0.15) is 27.7 Å². The number of carbonyl (C=O) groups excluding carboxylic acids is 8. The van der Waals surface area contributed by atoms with Crippen LogP contribution in [0.5, 0.6) is 0 Å². The fraction of sp³-hybridized carbons (Fsp3) is 0.692. The molecule has 11 aliphatic heterocycles. The van der Waals surface area contributed by atoms with E-state index >= 15 is 0 Å². The predicted molar refractivity (Wildman–Crippen MR) is 156 cm³/mol. The molecule has 0 saturated carbocycles. The van der Waals surface area contributed by atoms with E-state index in [1.165, 1.54) is 58.8 Å². The maximum absolute atomic E-state index is 14.4. The lowest BCUT2D eigenvalue weighted by atomic mass is 9.98. The number of hydrogen-bond donors (Lipinski definition) is 4. The molecule has 0 unspecified atom stereocenters. The third-order valence-electron chi connectivity index (χ3n) is 13.2. The second-order valence-corrected chi connectivity index (χ2v) is 15.1. The highest BCUT2D eigenvalue weighted by molar-refractivity contribution is 5.93. The number of rotatable bonds is 0. The first-order chi connectivity index (χ1) is 23.6. The SMILES string of the molecule is CC12NC(=O)N3CN4C(=O)N5CN6C(=O)N7CN8C(=O)NC9(C)NC(=O)N(CN%10C(=O)N(CN%11C(=O)N(CN(C(=O)N1)C32C)C4C5%11)C6C7%10)C89C. The zero-order valence-electron chi connectivity index (χ0n) is 27.2. The van der Waals surface area contributed by atoms with Crippen molar-refractivity contribution in [3.63, 3.8) is 0 Å². The third kappa shape index (κ3) is 2.53. The summed E-state index contributed by atoms with van der Waals surface area (Å²) in [6.07, 6.45) is -3.98. The van der Waals surface area contributed by atoms with E-state index in [2.05, 4.69) is 21.3 Å². The Morgan fingerprint density at radius 3 is 0.800 bits per heavy atom. The molecule has 24 heteroatoms. The third-order valence-corrected chi connectivity index (χ3v) is 13.2. The van der Waals surface area contributed by atoms with Crippen LogP contribution in [0.25, 0.3) is 0 Å². The minimum Gasteiger partial charge on any atom is -0.311 e. The van der Waals surface area contributed by atoms with Crippen molar-refractivity contribution in [2.75, 3.05) is 40.0 Å². The summed E-state index contributed by atoms with van der Waals surface area (Å²) in [4.78, 5) is 128. The number of amides is 16.